The third-order valence-electron chi connectivity index (χ3n) is 3.14. The second kappa shape index (κ2) is 5.61. The molecule has 0 bridgehead atoms. The Kier molecular flexibility index (Phi) is 3.90. The molecule has 0 unspecified atom stereocenters. The number of hydrogen-bond acceptors (Lipinski definition) is 4. The number of aromatic nitrogens is 1. The lowest BCUT2D eigenvalue weighted by Crippen LogP contribution is -2.31. The molecule has 0 N–H and O–H groups in total. The Balaban J connectivity index is 2.12. The van der Waals surface area contributed by atoms with Gasteiger partial charge in [0.2, 0.25) is 0 Å². The van der Waals surface area contributed by atoms with Crippen LogP contribution in [0.1, 0.15) is 18.4 Å². The van der Waals surface area contributed by atoms with Crippen LogP contribution in [0, 0.1) is 17.2 Å². The molecule has 0 amide bonds. The largest absolute Gasteiger partial charge is 0.381 e. The van der Waals surface area contributed by atoms with Gasteiger partial charge in [-0.1, -0.05) is 0 Å². The fourth-order valence-electron chi connectivity index (χ4n) is 2.06. The molecule has 1 aliphatic heterocycles. The van der Waals surface area contributed by atoms with Crippen LogP contribution in [0.5, 0.6) is 0 Å². The minimum Gasteiger partial charge on any atom is -0.381 e. The highest BCUT2D eigenvalue weighted by Crippen LogP contribution is 2.16. The molecule has 5 nitrogen and oxygen atoms in total. The van der Waals surface area contributed by atoms with Crippen LogP contribution in [-0.2, 0) is 16.1 Å². The summed E-state index contributed by atoms with van der Waals surface area (Å²) < 4.78 is 6.50. The molecule has 0 spiro atoms. The van der Waals surface area contributed by atoms with E-state index in [0.717, 1.165) is 0 Å². The molecule has 0 radical (unpaired) electrons. The molecule has 0 aromatic carbocycles. The van der Waals surface area contributed by atoms with Gasteiger partial charge in [0.05, 0.1) is 6.54 Å². The highest BCUT2D eigenvalue weighted by Gasteiger charge is 2.21. The van der Waals surface area contributed by atoms with E-state index in [4.69, 9.17) is 10.00 Å². The lowest BCUT2D eigenvalue weighted by Gasteiger charge is -2.21. The average molecular weight is 246 g/mol. The zero-order chi connectivity index (χ0) is 13.0. The molecule has 2 rings (SSSR count). The van der Waals surface area contributed by atoms with Crippen molar-refractivity contribution in [2.45, 2.75) is 19.4 Å². The van der Waals surface area contributed by atoms with Crippen molar-refractivity contribution >= 4 is 5.78 Å². The van der Waals surface area contributed by atoms with Gasteiger partial charge in [0.1, 0.15) is 11.6 Å². The van der Waals surface area contributed by atoms with E-state index in [1.54, 1.807) is 12.3 Å². The lowest BCUT2D eigenvalue weighted by atomic mass is 9.95. The third kappa shape index (κ3) is 2.66. The van der Waals surface area contributed by atoms with Gasteiger partial charge in [0.15, 0.2) is 5.78 Å². The van der Waals surface area contributed by atoms with Gasteiger partial charge in [-0.15, -0.1) is 0 Å². The summed E-state index contributed by atoms with van der Waals surface area (Å²) in [6.07, 6.45) is 2.97. The molecule has 2 heterocycles. The normalized spacial score (nSPS) is 16.2. The van der Waals surface area contributed by atoms with E-state index in [0.29, 0.717) is 26.1 Å². The molecule has 1 fully saturated rings. The topological polar surface area (TPSA) is 72.1 Å². The number of nitriles is 1. The summed E-state index contributed by atoms with van der Waals surface area (Å²) in [6.45, 7) is 1.24. The van der Waals surface area contributed by atoms with Crippen molar-refractivity contribution in [3.8, 4) is 6.07 Å². The summed E-state index contributed by atoms with van der Waals surface area (Å²) >= 11 is 0. The maximum atomic E-state index is 12.0. The summed E-state index contributed by atoms with van der Waals surface area (Å²) in [5.41, 5.74) is -0.335. The number of Topliss-reactive ketones (excluding diaryl/α,β-unsaturated/α-hetero) is 1. The summed E-state index contributed by atoms with van der Waals surface area (Å²) in [5, 5.41) is 8.76. The van der Waals surface area contributed by atoms with Crippen molar-refractivity contribution in [3.05, 3.63) is 34.2 Å². The van der Waals surface area contributed by atoms with Crippen molar-refractivity contribution in [3.63, 3.8) is 0 Å². The second-order valence-electron chi connectivity index (χ2n) is 4.32. The molecule has 1 aliphatic rings. The van der Waals surface area contributed by atoms with Gasteiger partial charge < -0.3 is 9.30 Å². The zero-order valence-corrected chi connectivity index (χ0v) is 9.96. The highest BCUT2D eigenvalue weighted by atomic mass is 16.5. The van der Waals surface area contributed by atoms with Crippen LogP contribution in [0.25, 0.3) is 0 Å². The molecule has 18 heavy (non-hydrogen) atoms. The molecule has 0 aliphatic carbocycles. The van der Waals surface area contributed by atoms with Crippen LogP contribution in [-0.4, -0.2) is 23.6 Å². The predicted octanol–water partition coefficient (Wildman–Crippen LogP) is 0.716. The molecule has 94 valence electrons. The van der Waals surface area contributed by atoms with Crippen LogP contribution >= 0.6 is 0 Å². The lowest BCUT2D eigenvalue weighted by molar-refractivity contribution is -0.126. The maximum absolute atomic E-state index is 12.0. The summed E-state index contributed by atoms with van der Waals surface area (Å²) in [4.78, 5) is 23.8. The van der Waals surface area contributed by atoms with Gasteiger partial charge >= 0.3 is 0 Å². The Morgan fingerprint density at radius 2 is 2.22 bits per heavy atom. The Hall–Kier alpha value is -1.93. The fourth-order valence-corrected chi connectivity index (χ4v) is 2.06. The highest BCUT2D eigenvalue weighted by molar-refractivity contribution is 5.80. The van der Waals surface area contributed by atoms with Crippen molar-refractivity contribution in [2.75, 3.05) is 13.2 Å². The van der Waals surface area contributed by atoms with Crippen molar-refractivity contribution in [2.24, 2.45) is 5.92 Å². The van der Waals surface area contributed by atoms with E-state index in [-0.39, 0.29) is 23.8 Å². The molecular formula is C13H14N2O3. The van der Waals surface area contributed by atoms with E-state index in [9.17, 15) is 9.59 Å². The van der Waals surface area contributed by atoms with E-state index in [1.807, 2.05) is 6.07 Å². The monoisotopic (exact) mass is 246 g/mol. The van der Waals surface area contributed by atoms with Crippen LogP contribution in [0.3, 0.4) is 0 Å². The first-order valence-corrected chi connectivity index (χ1v) is 5.92. The number of ketones is 1. The van der Waals surface area contributed by atoms with Gasteiger partial charge in [-0.3, -0.25) is 9.59 Å². The number of carbonyl (C=O) groups excluding carboxylic acids is 1. The van der Waals surface area contributed by atoms with Crippen molar-refractivity contribution in [1.29, 1.82) is 5.26 Å². The van der Waals surface area contributed by atoms with Gasteiger partial charge in [-0.05, 0) is 25.0 Å². The summed E-state index contributed by atoms with van der Waals surface area (Å²) in [6, 6.07) is 4.89. The van der Waals surface area contributed by atoms with Crippen molar-refractivity contribution < 1.29 is 9.53 Å². The molecule has 5 heteroatoms. The van der Waals surface area contributed by atoms with Crippen molar-refractivity contribution in [1.82, 2.24) is 4.57 Å². The molecular weight excluding hydrogens is 232 g/mol. The average Bonchev–Trinajstić information content (AvgIpc) is 2.42. The molecule has 1 aromatic heterocycles. The minimum absolute atomic E-state index is 0.0311. The predicted molar refractivity (Wildman–Crippen MR) is 64.0 cm³/mol. The SMILES string of the molecule is N#Cc1cccn(CC(=O)C2CCOCC2)c1=O. The van der Waals surface area contributed by atoms with Gasteiger partial charge in [-0.2, -0.15) is 5.26 Å². The number of rotatable bonds is 3. The first kappa shape index (κ1) is 12.5. The number of carbonyl (C=O) groups is 1. The fraction of sp³-hybridized carbons (Fsp3) is 0.462. The standard InChI is InChI=1S/C13H14N2O3/c14-8-11-2-1-5-15(13(11)17)9-12(16)10-3-6-18-7-4-10/h1-2,5,10H,3-4,6-7,9H2. The number of hydrogen-bond donors (Lipinski definition) is 0. The van der Waals surface area contributed by atoms with Crippen LogP contribution in [0.15, 0.2) is 23.1 Å². The van der Waals surface area contributed by atoms with E-state index in [2.05, 4.69) is 0 Å². The van der Waals surface area contributed by atoms with E-state index >= 15 is 0 Å². The Bertz CT molecular complexity index is 536. The maximum Gasteiger partial charge on any atom is 0.268 e. The minimum atomic E-state index is -0.402. The molecule has 1 aromatic rings. The molecule has 1 saturated heterocycles. The molecule has 0 saturated carbocycles. The third-order valence-corrected chi connectivity index (χ3v) is 3.14. The van der Waals surface area contributed by atoms with E-state index in [1.165, 1.54) is 10.6 Å². The van der Waals surface area contributed by atoms with Crippen LogP contribution in [0.4, 0.5) is 0 Å². The first-order valence-electron chi connectivity index (χ1n) is 5.92. The van der Waals surface area contributed by atoms with E-state index < -0.39 is 5.56 Å². The zero-order valence-electron chi connectivity index (χ0n) is 9.96. The molecule has 0 atom stereocenters. The smallest absolute Gasteiger partial charge is 0.268 e. The quantitative estimate of drug-likeness (QED) is 0.787. The Labute approximate surface area is 105 Å². The number of ether oxygens (including phenoxy) is 1. The summed E-state index contributed by atoms with van der Waals surface area (Å²) in [7, 11) is 0. The second-order valence-corrected chi connectivity index (χ2v) is 4.32. The van der Waals surface area contributed by atoms with Crippen LogP contribution < -0.4 is 5.56 Å². The Morgan fingerprint density at radius 3 is 2.89 bits per heavy atom. The van der Waals surface area contributed by atoms with Gasteiger partial charge in [-0.25, -0.2) is 0 Å². The van der Waals surface area contributed by atoms with Crippen LogP contribution in [0.2, 0.25) is 0 Å². The van der Waals surface area contributed by atoms with Gasteiger partial charge in [0.25, 0.3) is 5.56 Å². The number of nitrogens with zero attached hydrogens (tertiary/aromatic N) is 2. The Morgan fingerprint density at radius 1 is 1.50 bits per heavy atom. The summed E-state index contributed by atoms with van der Waals surface area (Å²) in [5.74, 6) is 0.00637. The number of pyridine rings is 1. The first-order chi connectivity index (χ1) is 8.72. The van der Waals surface area contributed by atoms with Gasteiger partial charge in [0, 0.05) is 25.3 Å².